The van der Waals surface area contributed by atoms with Crippen LogP contribution < -0.4 is 0 Å². The molecule has 0 spiro atoms. The van der Waals surface area contributed by atoms with Crippen LogP contribution in [0.15, 0.2) is 23.1 Å². The minimum absolute atomic E-state index is 0.380. The Labute approximate surface area is 96.0 Å². The third kappa shape index (κ3) is 1.66. The molecule has 1 heterocycles. The Hall–Kier alpha value is -0.870. The fraction of sp³-hybridized carbons (Fsp3) is 0.500. The second kappa shape index (κ2) is 3.31. The first kappa shape index (κ1) is 11.6. The van der Waals surface area contributed by atoms with Gasteiger partial charge in [0, 0.05) is 0 Å². The summed E-state index contributed by atoms with van der Waals surface area (Å²) in [6.45, 7) is 5.03. The smallest absolute Gasteiger partial charge is 0.184 e. The first-order chi connectivity index (χ1) is 7.23. The van der Waals surface area contributed by atoms with E-state index in [0.717, 1.165) is 11.1 Å². The zero-order chi connectivity index (χ0) is 12.1. The second-order valence-corrected chi connectivity index (χ2v) is 7.10. The van der Waals surface area contributed by atoms with Crippen LogP contribution in [0.3, 0.4) is 0 Å². The Morgan fingerprint density at radius 1 is 1.38 bits per heavy atom. The minimum atomic E-state index is -3.37. The summed E-state index contributed by atoms with van der Waals surface area (Å²) in [5, 5.41) is 9.19. The number of aryl methyl sites for hydroxylation is 1. The van der Waals surface area contributed by atoms with Gasteiger partial charge in [0.15, 0.2) is 9.84 Å². The fourth-order valence-corrected chi connectivity index (χ4v) is 4.47. The van der Waals surface area contributed by atoms with Gasteiger partial charge >= 0.3 is 0 Å². The molecule has 1 aliphatic rings. The van der Waals surface area contributed by atoms with Crippen LogP contribution in [-0.4, -0.2) is 24.4 Å². The van der Waals surface area contributed by atoms with Gasteiger partial charge in [0.05, 0.1) is 15.7 Å². The Morgan fingerprint density at radius 3 is 2.56 bits per heavy atom. The highest BCUT2D eigenvalue weighted by molar-refractivity contribution is 7.92. The van der Waals surface area contributed by atoms with Gasteiger partial charge in [0.25, 0.3) is 0 Å². The number of sulfone groups is 1. The van der Waals surface area contributed by atoms with Crippen molar-refractivity contribution in [3.8, 4) is 0 Å². The van der Waals surface area contributed by atoms with Gasteiger partial charge < -0.3 is 5.11 Å². The quantitative estimate of drug-likeness (QED) is 0.808. The van der Waals surface area contributed by atoms with Crippen LogP contribution in [0.1, 0.15) is 25.0 Å². The average Bonchev–Trinajstić information content (AvgIpc) is 2.36. The molecule has 1 atom stereocenters. The van der Waals surface area contributed by atoms with Crippen molar-refractivity contribution in [3.05, 3.63) is 29.3 Å². The van der Waals surface area contributed by atoms with E-state index >= 15 is 0 Å². The molecule has 0 saturated heterocycles. The molecule has 0 fully saturated rings. The van der Waals surface area contributed by atoms with Crippen LogP contribution in [0.5, 0.6) is 0 Å². The molecule has 88 valence electrons. The molecular weight excluding hydrogens is 224 g/mol. The van der Waals surface area contributed by atoms with E-state index in [2.05, 4.69) is 0 Å². The van der Waals surface area contributed by atoms with Crippen LogP contribution in [0.2, 0.25) is 0 Å². The molecule has 0 saturated carbocycles. The summed E-state index contributed by atoms with van der Waals surface area (Å²) in [5.41, 5.74) is 0.670. The summed E-state index contributed by atoms with van der Waals surface area (Å²) < 4.78 is 24.4. The van der Waals surface area contributed by atoms with Gasteiger partial charge in [-0.3, -0.25) is 0 Å². The second-order valence-electron chi connectivity index (χ2n) is 5.00. The Kier molecular flexibility index (Phi) is 2.40. The predicted octanol–water partition coefficient (Wildman–Crippen LogP) is 1.46. The summed E-state index contributed by atoms with van der Waals surface area (Å²) in [6, 6.07) is 5.33. The van der Waals surface area contributed by atoms with E-state index in [1.165, 1.54) is 0 Å². The lowest BCUT2D eigenvalue weighted by Gasteiger charge is -2.24. The predicted molar refractivity (Wildman–Crippen MR) is 62.2 cm³/mol. The van der Waals surface area contributed by atoms with Crippen molar-refractivity contribution in [2.45, 2.75) is 42.9 Å². The van der Waals surface area contributed by atoms with Gasteiger partial charge in [-0.15, -0.1) is 0 Å². The highest BCUT2D eigenvalue weighted by Gasteiger charge is 2.45. The van der Waals surface area contributed by atoms with Crippen LogP contribution in [-0.2, 0) is 16.3 Å². The summed E-state index contributed by atoms with van der Waals surface area (Å²) in [5.74, 6) is 0. The lowest BCUT2D eigenvalue weighted by Crippen LogP contribution is -2.40. The van der Waals surface area contributed by atoms with Crippen molar-refractivity contribution in [2.75, 3.05) is 0 Å². The molecule has 0 aromatic heterocycles. The van der Waals surface area contributed by atoms with Gasteiger partial charge in [-0.2, -0.15) is 0 Å². The van der Waals surface area contributed by atoms with Gasteiger partial charge in [-0.25, -0.2) is 8.42 Å². The number of aliphatic hydroxyl groups is 1. The summed E-state index contributed by atoms with van der Waals surface area (Å²) >= 11 is 0. The molecule has 0 amide bonds. The van der Waals surface area contributed by atoms with Crippen molar-refractivity contribution < 1.29 is 13.5 Å². The number of rotatable bonds is 1. The highest BCUT2D eigenvalue weighted by atomic mass is 32.2. The third-order valence-corrected chi connectivity index (χ3v) is 5.59. The van der Waals surface area contributed by atoms with E-state index in [-0.39, 0.29) is 0 Å². The van der Waals surface area contributed by atoms with Crippen molar-refractivity contribution in [1.82, 2.24) is 0 Å². The van der Waals surface area contributed by atoms with Gasteiger partial charge in [-0.1, -0.05) is 17.7 Å². The van der Waals surface area contributed by atoms with E-state index in [4.69, 9.17) is 0 Å². The maximum atomic E-state index is 12.2. The highest BCUT2D eigenvalue weighted by Crippen LogP contribution is 2.36. The lowest BCUT2D eigenvalue weighted by molar-refractivity contribution is 0.0761. The largest absolute Gasteiger partial charge is 0.389 e. The molecular formula is C12H16O3S. The van der Waals surface area contributed by atoms with Crippen LogP contribution in [0, 0.1) is 6.92 Å². The van der Waals surface area contributed by atoms with E-state index < -0.39 is 20.7 Å². The first-order valence-electron chi connectivity index (χ1n) is 5.29. The molecule has 1 aromatic carbocycles. The number of hydrogen-bond acceptors (Lipinski definition) is 3. The Bertz CT molecular complexity index is 524. The Morgan fingerprint density at radius 2 is 2.00 bits per heavy atom. The van der Waals surface area contributed by atoms with Crippen molar-refractivity contribution >= 4 is 9.84 Å². The average molecular weight is 240 g/mol. The standard InChI is InChI=1S/C12H16O3S/c1-8-4-5-10-9(6-8)7-11(12(2,3)13)16(10,14)15/h4-6,11,13H,7H2,1-3H3. The van der Waals surface area contributed by atoms with E-state index in [1.54, 1.807) is 26.0 Å². The van der Waals surface area contributed by atoms with Gasteiger partial charge in [0.1, 0.15) is 0 Å². The fourth-order valence-electron chi connectivity index (χ4n) is 2.24. The molecule has 16 heavy (non-hydrogen) atoms. The SMILES string of the molecule is Cc1ccc2c(c1)CC(C(C)(C)O)S2(=O)=O. The van der Waals surface area contributed by atoms with Crippen molar-refractivity contribution in [3.63, 3.8) is 0 Å². The summed E-state index contributed by atoms with van der Waals surface area (Å²) in [6.07, 6.45) is 0.406. The van der Waals surface area contributed by atoms with Crippen molar-refractivity contribution in [1.29, 1.82) is 0 Å². The molecule has 0 aliphatic carbocycles. The molecule has 0 radical (unpaired) electrons. The molecule has 1 aliphatic heterocycles. The maximum Gasteiger partial charge on any atom is 0.184 e. The summed E-state index contributed by atoms with van der Waals surface area (Å²) in [7, 11) is -3.37. The molecule has 3 nitrogen and oxygen atoms in total. The van der Waals surface area contributed by atoms with Crippen LogP contribution in [0.4, 0.5) is 0 Å². The molecule has 0 bridgehead atoms. The zero-order valence-electron chi connectivity index (χ0n) is 9.69. The number of hydrogen-bond donors (Lipinski definition) is 1. The maximum absolute atomic E-state index is 12.2. The lowest BCUT2D eigenvalue weighted by atomic mass is 9.98. The van der Waals surface area contributed by atoms with Gasteiger partial charge in [0.2, 0.25) is 0 Å². The Balaban J connectivity index is 2.59. The molecule has 1 unspecified atom stereocenters. The van der Waals surface area contributed by atoms with Crippen molar-refractivity contribution in [2.24, 2.45) is 0 Å². The third-order valence-electron chi connectivity index (χ3n) is 3.09. The van der Waals surface area contributed by atoms with Crippen LogP contribution >= 0.6 is 0 Å². The minimum Gasteiger partial charge on any atom is -0.389 e. The molecule has 4 heteroatoms. The van der Waals surface area contributed by atoms with E-state index in [0.29, 0.717) is 11.3 Å². The molecule has 2 rings (SSSR count). The normalized spacial score (nSPS) is 23.1. The van der Waals surface area contributed by atoms with Gasteiger partial charge in [-0.05, 0) is 38.8 Å². The molecule has 1 aromatic rings. The number of fused-ring (bicyclic) bond motifs is 1. The topological polar surface area (TPSA) is 54.4 Å². The zero-order valence-corrected chi connectivity index (χ0v) is 10.5. The monoisotopic (exact) mass is 240 g/mol. The number of benzene rings is 1. The first-order valence-corrected chi connectivity index (χ1v) is 6.83. The summed E-state index contributed by atoms with van der Waals surface area (Å²) in [4.78, 5) is 0.380. The van der Waals surface area contributed by atoms with Crippen LogP contribution in [0.25, 0.3) is 0 Å². The van der Waals surface area contributed by atoms with E-state index in [9.17, 15) is 13.5 Å². The van der Waals surface area contributed by atoms with E-state index in [1.807, 2.05) is 13.0 Å². The molecule has 1 N–H and O–H groups in total.